The molecule has 5 heteroatoms. The van der Waals surface area contributed by atoms with Crippen LogP contribution in [0.25, 0.3) is 0 Å². The molecule has 3 aromatic carbocycles. The monoisotopic (exact) mass is 390 g/mol. The van der Waals surface area contributed by atoms with Crippen LogP contribution in [0.3, 0.4) is 0 Å². The molecule has 1 heterocycles. The molecule has 0 atom stereocenters. The highest BCUT2D eigenvalue weighted by Gasteiger charge is 2.47. The summed E-state index contributed by atoms with van der Waals surface area (Å²) in [6.45, 7) is 5.36. The SMILES string of the molecule is CC(C)(C)OC(=O)c1cc(O)c2c(c1)OC(c1ccccc1)(c1ccccc1)O2. The zero-order chi connectivity index (χ0) is 20.6. The molecule has 0 unspecified atom stereocenters. The smallest absolute Gasteiger partial charge is 0.338 e. The molecule has 0 radical (unpaired) electrons. The second-order valence-corrected chi connectivity index (χ2v) is 7.88. The Hall–Kier alpha value is -3.47. The number of fused-ring (bicyclic) bond motifs is 1. The van der Waals surface area contributed by atoms with Gasteiger partial charge < -0.3 is 19.3 Å². The van der Waals surface area contributed by atoms with E-state index in [9.17, 15) is 9.90 Å². The molecule has 29 heavy (non-hydrogen) atoms. The van der Waals surface area contributed by atoms with Gasteiger partial charge in [0.15, 0.2) is 11.5 Å². The molecule has 5 nitrogen and oxygen atoms in total. The third kappa shape index (κ3) is 3.51. The summed E-state index contributed by atoms with van der Waals surface area (Å²) in [5.41, 5.74) is 1.07. The highest BCUT2D eigenvalue weighted by atomic mass is 16.7. The Morgan fingerprint density at radius 1 is 0.897 bits per heavy atom. The second-order valence-electron chi connectivity index (χ2n) is 7.88. The Morgan fingerprint density at radius 3 is 1.97 bits per heavy atom. The van der Waals surface area contributed by atoms with Crippen molar-refractivity contribution in [3.8, 4) is 17.2 Å². The summed E-state index contributed by atoms with van der Waals surface area (Å²) in [7, 11) is 0. The van der Waals surface area contributed by atoms with E-state index in [0.29, 0.717) is 0 Å². The van der Waals surface area contributed by atoms with Gasteiger partial charge in [0.25, 0.3) is 0 Å². The normalized spacial score (nSPS) is 14.4. The number of rotatable bonds is 3. The Morgan fingerprint density at radius 2 is 1.45 bits per heavy atom. The molecule has 0 saturated heterocycles. The zero-order valence-electron chi connectivity index (χ0n) is 16.5. The van der Waals surface area contributed by atoms with Gasteiger partial charge in [0.2, 0.25) is 5.75 Å². The minimum absolute atomic E-state index is 0.183. The summed E-state index contributed by atoms with van der Waals surface area (Å²) < 4.78 is 17.9. The minimum atomic E-state index is -1.27. The number of hydrogen-bond acceptors (Lipinski definition) is 5. The standard InChI is InChI=1S/C24H22O5/c1-23(2,3)29-22(26)16-14-19(25)21-20(15-16)27-24(28-21,17-10-6-4-7-11-17)18-12-8-5-9-13-18/h4-15,25H,1-3H3. The Balaban J connectivity index is 1.79. The highest BCUT2D eigenvalue weighted by molar-refractivity contribution is 5.91. The molecule has 3 aromatic rings. The first kappa shape index (κ1) is 18.9. The van der Waals surface area contributed by atoms with E-state index in [0.717, 1.165) is 11.1 Å². The molecule has 0 aliphatic carbocycles. The average Bonchev–Trinajstić information content (AvgIpc) is 3.10. The summed E-state index contributed by atoms with van der Waals surface area (Å²) >= 11 is 0. The number of benzene rings is 3. The van der Waals surface area contributed by atoms with Crippen LogP contribution in [0.1, 0.15) is 42.3 Å². The lowest BCUT2D eigenvalue weighted by Gasteiger charge is -2.28. The van der Waals surface area contributed by atoms with Crippen molar-refractivity contribution in [1.29, 1.82) is 0 Å². The molecule has 1 aliphatic heterocycles. The maximum absolute atomic E-state index is 12.5. The van der Waals surface area contributed by atoms with Crippen molar-refractivity contribution in [3.05, 3.63) is 89.5 Å². The quantitative estimate of drug-likeness (QED) is 0.636. The molecule has 1 aliphatic rings. The van der Waals surface area contributed by atoms with Gasteiger partial charge >= 0.3 is 11.8 Å². The minimum Gasteiger partial charge on any atom is -0.504 e. The molecule has 0 spiro atoms. The van der Waals surface area contributed by atoms with Crippen LogP contribution in [0, 0.1) is 0 Å². The largest absolute Gasteiger partial charge is 0.504 e. The van der Waals surface area contributed by atoms with Crippen molar-refractivity contribution in [2.24, 2.45) is 0 Å². The lowest BCUT2D eigenvalue weighted by molar-refractivity contribution is -0.0467. The maximum atomic E-state index is 12.5. The second kappa shape index (κ2) is 6.85. The lowest BCUT2D eigenvalue weighted by atomic mass is 9.97. The number of phenolic OH excluding ortho intramolecular Hbond substituents is 1. The van der Waals surface area contributed by atoms with Crippen LogP contribution in [-0.2, 0) is 10.5 Å². The van der Waals surface area contributed by atoms with Crippen molar-refractivity contribution in [2.45, 2.75) is 32.2 Å². The summed E-state index contributed by atoms with van der Waals surface area (Å²) in [4.78, 5) is 12.5. The molecular weight excluding hydrogens is 368 g/mol. The van der Waals surface area contributed by atoms with Gasteiger partial charge in [-0.1, -0.05) is 60.7 Å². The average molecular weight is 390 g/mol. The summed E-state index contributed by atoms with van der Waals surface area (Å²) in [6, 6.07) is 21.8. The number of carbonyl (C=O) groups excluding carboxylic acids is 1. The van der Waals surface area contributed by atoms with Gasteiger partial charge in [0, 0.05) is 11.1 Å². The number of hydrogen-bond donors (Lipinski definition) is 1. The molecule has 4 rings (SSSR count). The van der Waals surface area contributed by atoms with Gasteiger partial charge in [-0.05, 0) is 32.9 Å². The predicted octanol–water partition coefficient (Wildman–Crippen LogP) is 5.02. The van der Waals surface area contributed by atoms with E-state index in [1.54, 1.807) is 20.8 Å². The Kier molecular flexibility index (Phi) is 4.46. The molecule has 0 saturated carbocycles. The van der Waals surface area contributed by atoms with Crippen LogP contribution in [0.5, 0.6) is 17.2 Å². The van der Waals surface area contributed by atoms with Gasteiger partial charge in [0.1, 0.15) is 5.60 Å². The van der Waals surface area contributed by atoms with Crippen LogP contribution in [0.4, 0.5) is 0 Å². The van der Waals surface area contributed by atoms with E-state index < -0.39 is 17.4 Å². The molecule has 0 bridgehead atoms. The fraction of sp³-hybridized carbons (Fsp3) is 0.208. The van der Waals surface area contributed by atoms with Gasteiger partial charge in [-0.3, -0.25) is 0 Å². The number of esters is 1. The van der Waals surface area contributed by atoms with Gasteiger partial charge in [-0.15, -0.1) is 0 Å². The molecule has 148 valence electrons. The summed E-state index contributed by atoms with van der Waals surface area (Å²) in [6.07, 6.45) is 0. The first-order valence-electron chi connectivity index (χ1n) is 9.38. The van der Waals surface area contributed by atoms with Crippen molar-refractivity contribution in [2.75, 3.05) is 0 Å². The van der Waals surface area contributed by atoms with E-state index in [4.69, 9.17) is 14.2 Å². The topological polar surface area (TPSA) is 65.0 Å². The van der Waals surface area contributed by atoms with E-state index in [2.05, 4.69) is 0 Å². The summed E-state index contributed by atoms with van der Waals surface area (Å²) in [5, 5.41) is 10.6. The van der Waals surface area contributed by atoms with Gasteiger partial charge in [0.05, 0.1) is 5.56 Å². The lowest BCUT2D eigenvalue weighted by Crippen LogP contribution is -2.36. The third-order valence-electron chi connectivity index (χ3n) is 4.48. The van der Waals surface area contributed by atoms with Crippen molar-refractivity contribution >= 4 is 5.97 Å². The zero-order valence-corrected chi connectivity index (χ0v) is 16.5. The first-order chi connectivity index (χ1) is 13.8. The van der Waals surface area contributed by atoms with E-state index in [-0.39, 0.29) is 22.8 Å². The molecular formula is C24H22O5. The van der Waals surface area contributed by atoms with Gasteiger partial charge in [-0.2, -0.15) is 0 Å². The van der Waals surface area contributed by atoms with Crippen LogP contribution in [0.15, 0.2) is 72.8 Å². The number of phenols is 1. The number of aromatic hydroxyl groups is 1. The molecule has 0 aromatic heterocycles. The van der Waals surface area contributed by atoms with Crippen LogP contribution in [-0.4, -0.2) is 16.7 Å². The molecule has 0 fully saturated rings. The van der Waals surface area contributed by atoms with Gasteiger partial charge in [-0.25, -0.2) is 4.79 Å². The van der Waals surface area contributed by atoms with Crippen LogP contribution < -0.4 is 9.47 Å². The fourth-order valence-electron chi connectivity index (χ4n) is 3.26. The maximum Gasteiger partial charge on any atom is 0.338 e. The van der Waals surface area contributed by atoms with E-state index in [1.807, 2.05) is 60.7 Å². The summed E-state index contributed by atoms with van der Waals surface area (Å²) in [5.74, 6) is -1.54. The van der Waals surface area contributed by atoms with Crippen molar-refractivity contribution in [3.63, 3.8) is 0 Å². The van der Waals surface area contributed by atoms with Crippen LogP contribution in [0.2, 0.25) is 0 Å². The Labute approximate surface area is 169 Å². The van der Waals surface area contributed by atoms with Crippen molar-refractivity contribution < 1.29 is 24.1 Å². The highest BCUT2D eigenvalue weighted by Crippen LogP contribution is 2.52. The van der Waals surface area contributed by atoms with Crippen molar-refractivity contribution in [1.82, 2.24) is 0 Å². The molecule has 1 N–H and O–H groups in total. The van der Waals surface area contributed by atoms with E-state index >= 15 is 0 Å². The number of ether oxygens (including phenoxy) is 3. The Bertz CT molecular complexity index is 997. The third-order valence-corrected chi connectivity index (χ3v) is 4.48. The molecule has 0 amide bonds. The number of carbonyl (C=O) groups is 1. The van der Waals surface area contributed by atoms with E-state index in [1.165, 1.54) is 12.1 Å². The predicted molar refractivity (Wildman–Crippen MR) is 108 cm³/mol. The fourth-order valence-corrected chi connectivity index (χ4v) is 3.26. The van der Waals surface area contributed by atoms with Crippen LogP contribution >= 0.6 is 0 Å². The first-order valence-corrected chi connectivity index (χ1v) is 9.38.